The number of anilines is 4. The lowest BCUT2D eigenvalue weighted by atomic mass is 10.1. The number of amides is 3. The summed E-state index contributed by atoms with van der Waals surface area (Å²) >= 11 is 0. The molecule has 1 aliphatic rings. The molecule has 0 spiro atoms. The quantitative estimate of drug-likeness (QED) is 0.196. The monoisotopic (exact) mass is 617 g/mol. The normalized spacial score (nSPS) is 13.2. The number of para-hydroxylation sites is 3. The summed E-state index contributed by atoms with van der Waals surface area (Å²) in [5.74, 6) is 0.468. The molecule has 234 valence electrons. The first-order valence-electron chi connectivity index (χ1n) is 14.6. The molecule has 3 amide bonds. The third-order valence-corrected chi connectivity index (χ3v) is 7.57. The number of hydrogen-bond donors (Lipinski definition) is 3. The van der Waals surface area contributed by atoms with Gasteiger partial charge in [0.05, 0.1) is 29.6 Å². The van der Waals surface area contributed by atoms with Crippen LogP contribution < -0.4 is 30.5 Å². The van der Waals surface area contributed by atoms with Crippen LogP contribution in [0, 0.1) is 0 Å². The molecule has 4 aromatic rings. The molecule has 0 radical (unpaired) electrons. The number of benzene rings is 4. The number of carbonyl (C=O) groups excluding carboxylic acids is 2. The van der Waals surface area contributed by atoms with Crippen molar-refractivity contribution >= 4 is 34.7 Å². The lowest BCUT2D eigenvalue weighted by Crippen LogP contribution is -2.47. The zero-order valence-corrected chi connectivity index (χ0v) is 24.7. The number of piperazine rings is 1. The van der Waals surface area contributed by atoms with E-state index in [2.05, 4.69) is 25.8 Å². The largest absolute Gasteiger partial charge is 0.495 e. The van der Waals surface area contributed by atoms with Gasteiger partial charge in [-0.3, -0.25) is 4.79 Å². The Labute approximate surface area is 259 Å². The van der Waals surface area contributed by atoms with Crippen LogP contribution in [0.5, 0.6) is 5.75 Å². The topological polar surface area (TPSA) is 85.9 Å². The summed E-state index contributed by atoms with van der Waals surface area (Å²) in [5.41, 5.74) is 2.06. The van der Waals surface area contributed by atoms with Crippen molar-refractivity contribution in [3.63, 3.8) is 0 Å². The van der Waals surface area contributed by atoms with Crippen LogP contribution in [0.2, 0.25) is 0 Å². The molecule has 3 N–H and O–H groups in total. The maximum absolute atomic E-state index is 13.5. The summed E-state index contributed by atoms with van der Waals surface area (Å²) in [6.45, 7) is 3.04. The van der Waals surface area contributed by atoms with E-state index < -0.39 is 17.8 Å². The fraction of sp³-hybridized carbons (Fsp3) is 0.235. The predicted molar refractivity (Wildman–Crippen MR) is 170 cm³/mol. The molecule has 0 atom stereocenters. The van der Waals surface area contributed by atoms with Gasteiger partial charge in [0, 0.05) is 44.1 Å². The Kier molecular flexibility index (Phi) is 9.76. The number of hydrogen-bond acceptors (Lipinski definition) is 5. The molecule has 4 aromatic carbocycles. The zero-order chi connectivity index (χ0) is 31.8. The molecule has 1 aliphatic heterocycles. The Morgan fingerprint density at radius 2 is 1.42 bits per heavy atom. The molecule has 5 rings (SSSR count). The number of carbonyl (C=O) groups is 2. The van der Waals surface area contributed by atoms with Gasteiger partial charge in [0.15, 0.2) is 0 Å². The van der Waals surface area contributed by atoms with Crippen LogP contribution in [-0.4, -0.2) is 51.8 Å². The first-order valence-corrected chi connectivity index (χ1v) is 14.6. The summed E-state index contributed by atoms with van der Waals surface area (Å²) < 4.78 is 45.8. The highest BCUT2D eigenvalue weighted by molar-refractivity contribution is 6.04. The molecule has 8 nitrogen and oxygen atoms in total. The standard InChI is InChI=1S/C34H34F3N5O3/c1-45-31-14-8-7-13-30(31)42-21-19-41(20-22-42)29-16-15-25(23-26(29)32(43)38-18-17-24-9-3-2-4-10-24)39-33(44)40-28-12-6-5-11-27(28)34(35,36)37/h2-16,23H,17-22H2,1H3,(H,38,43)(H2,39,40,44). The third kappa shape index (κ3) is 7.86. The Morgan fingerprint density at radius 1 is 0.778 bits per heavy atom. The lowest BCUT2D eigenvalue weighted by molar-refractivity contribution is -0.136. The van der Waals surface area contributed by atoms with E-state index in [0.29, 0.717) is 50.4 Å². The SMILES string of the molecule is COc1ccccc1N1CCN(c2ccc(NC(=O)Nc3ccccc3C(F)(F)F)cc2C(=O)NCCc2ccccc2)CC1. The number of urea groups is 1. The summed E-state index contributed by atoms with van der Waals surface area (Å²) in [6.07, 6.45) is -4.00. The second-order valence-electron chi connectivity index (χ2n) is 10.5. The molecule has 0 bridgehead atoms. The van der Waals surface area contributed by atoms with Crippen molar-refractivity contribution < 1.29 is 27.5 Å². The van der Waals surface area contributed by atoms with Gasteiger partial charge in [-0.05, 0) is 54.4 Å². The molecule has 1 fully saturated rings. The molecule has 1 saturated heterocycles. The van der Waals surface area contributed by atoms with E-state index in [1.165, 1.54) is 18.2 Å². The average molecular weight is 618 g/mol. The number of ether oxygens (including phenoxy) is 1. The van der Waals surface area contributed by atoms with Crippen molar-refractivity contribution in [1.82, 2.24) is 5.32 Å². The number of nitrogens with one attached hydrogen (secondary N) is 3. The highest BCUT2D eigenvalue weighted by atomic mass is 19.4. The molecule has 0 aromatic heterocycles. The Bertz CT molecular complexity index is 1620. The molecule has 0 aliphatic carbocycles. The highest BCUT2D eigenvalue weighted by Crippen LogP contribution is 2.35. The predicted octanol–water partition coefficient (Wildman–Crippen LogP) is 6.66. The number of methoxy groups -OCH3 is 1. The molecular formula is C34H34F3N5O3. The van der Waals surface area contributed by atoms with Gasteiger partial charge in [-0.15, -0.1) is 0 Å². The van der Waals surface area contributed by atoms with Gasteiger partial charge in [0.2, 0.25) is 0 Å². The van der Waals surface area contributed by atoms with Gasteiger partial charge in [0.25, 0.3) is 5.91 Å². The van der Waals surface area contributed by atoms with Crippen LogP contribution >= 0.6 is 0 Å². The summed E-state index contributed by atoms with van der Waals surface area (Å²) in [7, 11) is 1.64. The lowest BCUT2D eigenvalue weighted by Gasteiger charge is -2.38. The van der Waals surface area contributed by atoms with Gasteiger partial charge in [0.1, 0.15) is 5.75 Å². The van der Waals surface area contributed by atoms with Gasteiger partial charge < -0.3 is 30.5 Å². The van der Waals surface area contributed by atoms with Crippen molar-refractivity contribution in [2.24, 2.45) is 0 Å². The Balaban J connectivity index is 1.33. The molecule has 45 heavy (non-hydrogen) atoms. The van der Waals surface area contributed by atoms with Crippen LogP contribution in [0.1, 0.15) is 21.5 Å². The fourth-order valence-corrected chi connectivity index (χ4v) is 5.33. The summed E-state index contributed by atoms with van der Waals surface area (Å²) in [4.78, 5) is 30.6. The van der Waals surface area contributed by atoms with E-state index in [4.69, 9.17) is 4.74 Å². The molecular weight excluding hydrogens is 583 g/mol. The van der Waals surface area contributed by atoms with Crippen LogP contribution in [0.4, 0.5) is 40.7 Å². The maximum Gasteiger partial charge on any atom is 0.418 e. The number of alkyl halides is 3. The molecule has 0 saturated carbocycles. The number of nitrogens with zero attached hydrogens (tertiary/aromatic N) is 2. The van der Waals surface area contributed by atoms with Gasteiger partial charge in [-0.1, -0.05) is 54.6 Å². The van der Waals surface area contributed by atoms with Gasteiger partial charge in [-0.2, -0.15) is 13.2 Å². The number of rotatable bonds is 9. The summed E-state index contributed by atoms with van der Waals surface area (Å²) in [6, 6.07) is 26.4. The second kappa shape index (κ2) is 14.1. The van der Waals surface area contributed by atoms with Crippen molar-refractivity contribution in [2.75, 3.05) is 60.3 Å². The average Bonchev–Trinajstić information content (AvgIpc) is 3.05. The van der Waals surface area contributed by atoms with Crippen molar-refractivity contribution in [1.29, 1.82) is 0 Å². The zero-order valence-electron chi connectivity index (χ0n) is 24.7. The van der Waals surface area contributed by atoms with E-state index >= 15 is 0 Å². The van der Waals surface area contributed by atoms with Crippen LogP contribution in [0.3, 0.4) is 0 Å². The molecule has 1 heterocycles. The van der Waals surface area contributed by atoms with Crippen molar-refractivity contribution in [3.8, 4) is 5.75 Å². The third-order valence-electron chi connectivity index (χ3n) is 7.57. The van der Waals surface area contributed by atoms with Crippen molar-refractivity contribution in [2.45, 2.75) is 12.6 Å². The first kappa shape index (κ1) is 31.2. The van der Waals surface area contributed by atoms with Gasteiger partial charge in [-0.25, -0.2) is 4.79 Å². The number of halogens is 3. The second-order valence-corrected chi connectivity index (χ2v) is 10.5. The van der Waals surface area contributed by atoms with E-state index in [1.54, 1.807) is 25.3 Å². The maximum atomic E-state index is 13.5. The van der Waals surface area contributed by atoms with Crippen molar-refractivity contribution in [3.05, 3.63) is 114 Å². The minimum absolute atomic E-state index is 0.265. The Hall–Kier alpha value is -5.19. The van der Waals surface area contributed by atoms with Crippen LogP contribution in [0.15, 0.2) is 97.1 Å². The van der Waals surface area contributed by atoms with Crippen LogP contribution in [-0.2, 0) is 12.6 Å². The van der Waals surface area contributed by atoms with Crippen LogP contribution in [0.25, 0.3) is 0 Å². The summed E-state index contributed by atoms with van der Waals surface area (Å²) in [5, 5.41) is 7.83. The molecule has 0 unspecified atom stereocenters. The Morgan fingerprint density at radius 3 is 2.13 bits per heavy atom. The van der Waals surface area contributed by atoms with E-state index in [0.717, 1.165) is 23.1 Å². The first-order chi connectivity index (χ1) is 21.7. The minimum Gasteiger partial charge on any atom is -0.495 e. The minimum atomic E-state index is -4.63. The fourth-order valence-electron chi connectivity index (χ4n) is 5.33. The van der Waals surface area contributed by atoms with E-state index in [-0.39, 0.29) is 17.3 Å². The smallest absolute Gasteiger partial charge is 0.418 e. The molecule has 11 heteroatoms. The van der Waals surface area contributed by atoms with Gasteiger partial charge >= 0.3 is 12.2 Å². The van der Waals surface area contributed by atoms with E-state index in [1.807, 2.05) is 54.6 Å². The highest BCUT2D eigenvalue weighted by Gasteiger charge is 2.33. The van der Waals surface area contributed by atoms with E-state index in [9.17, 15) is 22.8 Å².